The number of carbonyl (C=O) groups excluding carboxylic acids is 1. The van der Waals surface area contributed by atoms with Crippen molar-refractivity contribution in [3.05, 3.63) is 28.8 Å². The van der Waals surface area contributed by atoms with E-state index in [1.807, 2.05) is 19.9 Å². The summed E-state index contributed by atoms with van der Waals surface area (Å²) < 4.78 is 5.40. The molecular weight excluding hydrogens is 226 g/mol. The lowest BCUT2D eigenvalue weighted by Gasteiger charge is -2.14. The number of carbonyl (C=O) groups is 1. The first-order valence-electron chi connectivity index (χ1n) is 6.37. The quantitative estimate of drug-likeness (QED) is 0.871. The molecule has 0 bridgehead atoms. The van der Waals surface area contributed by atoms with Crippen molar-refractivity contribution in [1.29, 1.82) is 0 Å². The number of methoxy groups -OCH3 is 1. The van der Waals surface area contributed by atoms with Crippen molar-refractivity contribution < 1.29 is 9.53 Å². The van der Waals surface area contributed by atoms with E-state index in [0.29, 0.717) is 6.54 Å². The molecule has 0 aliphatic rings. The van der Waals surface area contributed by atoms with Crippen molar-refractivity contribution in [1.82, 2.24) is 5.32 Å². The fraction of sp³-hybridized carbons (Fsp3) is 0.533. The van der Waals surface area contributed by atoms with Crippen LogP contribution in [0.25, 0.3) is 0 Å². The molecule has 0 aliphatic heterocycles. The van der Waals surface area contributed by atoms with Crippen molar-refractivity contribution in [3.63, 3.8) is 0 Å². The van der Waals surface area contributed by atoms with Gasteiger partial charge in [0.2, 0.25) is 5.91 Å². The standard InChI is InChI=1S/C15H23NO2/c1-10(2)15(17)16-7-6-13-12(4)8-11(3)9-14(13)18-5/h8-10H,6-7H2,1-5H3,(H,16,17). The SMILES string of the molecule is COc1cc(C)cc(C)c1CCNC(=O)C(C)C. The van der Waals surface area contributed by atoms with E-state index in [9.17, 15) is 4.79 Å². The largest absolute Gasteiger partial charge is 0.496 e. The maximum Gasteiger partial charge on any atom is 0.222 e. The van der Waals surface area contributed by atoms with Crippen LogP contribution in [-0.4, -0.2) is 19.6 Å². The van der Waals surface area contributed by atoms with Crippen LogP contribution in [0.1, 0.15) is 30.5 Å². The second-order valence-corrected chi connectivity index (χ2v) is 4.96. The summed E-state index contributed by atoms with van der Waals surface area (Å²) in [4.78, 5) is 11.5. The summed E-state index contributed by atoms with van der Waals surface area (Å²) in [6.07, 6.45) is 0.799. The highest BCUT2D eigenvalue weighted by Gasteiger charge is 2.09. The van der Waals surface area contributed by atoms with Gasteiger partial charge < -0.3 is 10.1 Å². The first-order chi connectivity index (χ1) is 8.45. The van der Waals surface area contributed by atoms with Crippen molar-refractivity contribution >= 4 is 5.91 Å². The summed E-state index contributed by atoms with van der Waals surface area (Å²) in [6, 6.07) is 4.18. The van der Waals surface area contributed by atoms with Gasteiger partial charge in [-0.05, 0) is 43.0 Å². The molecule has 0 unspecified atom stereocenters. The molecule has 0 radical (unpaired) electrons. The van der Waals surface area contributed by atoms with Gasteiger partial charge in [-0.15, -0.1) is 0 Å². The number of ether oxygens (including phenoxy) is 1. The van der Waals surface area contributed by atoms with Gasteiger partial charge in [0.1, 0.15) is 5.75 Å². The van der Waals surface area contributed by atoms with Crippen molar-refractivity contribution in [2.45, 2.75) is 34.1 Å². The van der Waals surface area contributed by atoms with Gasteiger partial charge in [0.05, 0.1) is 7.11 Å². The number of benzene rings is 1. The third-order valence-electron chi connectivity index (χ3n) is 2.99. The van der Waals surface area contributed by atoms with E-state index < -0.39 is 0 Å². The van der Waals surface area contributed by atoms with Crippen LogP contribution in [0.5, 0.6) is 5.75 Å². The Labute approximate surface area is 110 Å². The number of rotatable bonds is 5. The Morgan fingerprint density at radius 2 is 2.00 bits per heavy atom. The van der Waals surface area contributed by atoms with Crippen LogP contribution >= 0.6 is 0 Å². The Morgan fingerprint density at radius 3 is 2.56 bits per heavy atom. The number of hydrogen-bond donors (Lipinski definition) is 1. The van der Waals surface area contributed by atoms with Gasteiger partial charge in [0.15, 0.2) is 0 Å². The monoisotopic (exact) mass is 249 g/mol. The molecule has 3 nitrogen and oxygen atoms in total. The molecule has 1 aromatic rings. The van der Waals surface area contributed by atoms with Crippen LogP contribution in [0.4, 0.5) is 0 Å². The Hall–Kier alpha value is -1.51. The Morgan fingerprint density at radius 1 is 1.33 bits per heavy atom. The molecule has 0 aromatic heterocycles. The topological polar surface area (TPSA) is 38.3 Å². The van der Waals surface area contributed by atoms with E-state index in [1.54, 1.807) is 7.11 Å². The first kappa shape index (κ1) is 14.6. The van der Waals surface area contributed by atoms with Crippen molar-refractivity contribution in [2.75, 3.05) is 13.7 Å². The van der Waals surface area contributed by atoms with Crippen LogP contribution in [0.15, 0.2) is 12.1 Å². The average Bonchev–Trinajstić information content (AvgIpc) is 2.30. The maximum atomic E-state index is 11.5. The molecular formula is C15H23NO2. The van der Waals surface area contributed by atoms with E-state index in [1.165, 1.54) is 16.7 Å². The Bertz CT molecular complexity index is 425. The Kier molecular flexibility index (Phi) is 5.20. The highest BCUT2D eigenvalue weighted by molar-refractivity contribution is 5.77. The van der Waals surface area contributed by atoms with Crippen molar-refractivity contribution in [2.24, 2.45) is 5.92 Å². The van der Waals surface area contributed by atoms with Gasteiger partial charge in [-0.2, -0.15) is 0 Å². The molecule has 0 atom stereocenters. The first-order valence-corrected chi connectivity index (χ1v) is 6.37. The molecule has 1 rings (SSSR count). The second kappa shape index (κ2) is 6.43. The van der Waals surface area contributed by atoms with Crippen LogP contribution < -0.4 is 10.1 Å². The third kappa shape index (κ3) is 3.76. The normalized spacial score (nSPS) is 10.6. The molecule has 0 heterocycles. The van der Waals surface area contributed by atoms with Crippen LogP contribution in [-0.2, 0) is 11.2 Å². The third-order valence-corrected chi connectivity index (χ3v) is 2.99. The average molecular weight is 249 g/mol. The number of nitrogens with one attached hydrogen (secondary N) is 1. The molecule has 1 amide bonds. The molecule has 0 saturated heterocycles. The zero-order valence-corrected chi connectivity index (χ0v) is 12.0. The molecule has 0 fully saturated rings. The minimum atomic E-state index is 0.0333. The molecule has 1 N–H and O–H groups in total. The van der Waals surface area contributed by atoms with E-state index in [4.69, 9.17) is 4.74 Å². The molecule has 0 aliphatic carbocycles. The molecule has 0 spiro atoms. The predicted octanol–water partition coefficient (Wildman–Crippen LogP) is 2.63. The zero-order chi connectivity index (χ0) is 13.7. The van der Waals surface area contributed by atoms with Gasteiger partial charge in [-0.3, -0.25) is 4.79 Å². The summed E-state index contributed by atoms with van der Waals surface area (Å²) in [5, 5.41) is 2.93. The highest BCUT2D eigenvalue weighted by atomic mass is 16.5. The lowest BCUT2D eigenvalue weighted by molar-refractivity contribution is -0.123. The van der Waals surface area contributed by atoms with Crippen LogP contribution in [0.3, 0.4) is 0 Å². The van der Waals surface area contributed by atoms with E-state index in [-0.39, 0.29) is 11.8 Å². The summed E-state index contributed by atoms with van der Waals surface area (Å²) in [7, 11) is 1.68. The highest BCUT2D eigenvalue weighted by Crippen LogP contribution is 2.24. The van der Waals surface area contributed by atoms with Gasteiger partial charge in [0, 0.05) is 12.5 Å². The minimum Gasteiger partial charge on any atom is -0.496 e. The fourth-order valence-electron chi connectivity index (χ4n) is 1.98. The van der Waals surface area contributed by atoms with Crippen LogP contribution in [0, 0.1) is 19.8 Å². The van der Waals surface area contributed by atoms with E-state index >= 15 is 0 Å². The summed E-state index contributed by atoms with van der Waals surface area (Å²) in [5.74, 6) is 1.04. The molecule has 18 heavy (non-hydrogen) atoms. The zero-order valence-electron chi connectivity index (χ0n) is 12.0. The van der Waals surface area contributed by atoms with Gasteiger partial charge >= 0.3 is 0 Å². The molecule has 3 heteroatoms. The van der Waals surface area contributed by atoms with Gasteiger partial charge in [-0.25, -0.2) is 0 Å². The van der Waals surface area contributed by atoms with Gasteiger partial charge in [0.25, 0.3) is 0 Å². The predicted molar refractivity (Wildman–Crippen MR) is 74.0 cm³/mol. The van der Waals surface area contributed by atoms with Crippen LogP contribution in [0.2, 0.25) is 0 Å². The van der Waals surface area contributed by atoms with Crippen molar-refractivity contribution in [3.8, 4) is 5.75 Å². The lowest BCUT2D eigenvalue weighted by atomic mass is 10.0. The number of aryl methyl sites for hydroxylation is 2. The molecule has 100 valence electrons. The second-order valence-electron chi connectivity index (χ2n) is 4.96. The smallest absolute Gasteiger partial charge is 0.222 e. The molecule has 1 aromatic carbocycles. The minimum absolute atomic E-state index is 0.0333. The Balaban J connectivity index is 2.70. The summed E-state index contributed by atoms with van der Waals surface area (Å²) in [5.41, 5.74) is 3.58. The number of amides is 1. The fourth-order valence-corrected chi connectivity index (χ4v) is 1.98. The van der Waals surface area contributed by atoms with E-state index in [2.05, 4.69) is 25.2 Å². The maximum absolute atomic E-state index is 11.5. The lowest BCUT2D eigenvalue weighted by Crippen LogP contribution is -2.29. The molecule has 0 saturated carbocycles. The summed E-state index contributed by atoms with van der Waals surface area (Å²) in [6.45, 7) is 8.58. The number of hydrogen-bond acceptors (Lipinski definition) is 2. The van der Waals surface area contributed by atoms with Gasteiger partial charge in [-0.1, -0.05) is 19.9 Å². The summed E-state index contributed by atoms with van der Waals surface area (Å²) >= 11 is 0. The van der Waals surface area contributed by atoms with E-state index in [0.717, 1.165) is 12.2 Å².